The zero-order valence-corrected chi connectivity index (χ0v) is 20.6. The second kappa shape index (κ2) is 9.94. The molecule has 0 bridgehead atoms. The predicted molar refractivity (Wildman–Crippen MR) is 133 cm³/mol. The first-order valence-electron chi connectivity index (χ1n) is 10.9. The number of aryl methyl sites for hydroxylation is 2. The van der Waals surface area contributed by atoms with Crippen LogP contribution in [0.1, 0.15) is 34.3 Å². The number of aromatic nitrogens is 1. The van der Waals surface area contributed by atoms with E-state index in [9.17, 15) is 18.0 Å². The Balaban J connectivity index is 1.53. The number of hydrogen-bond acceptors (Lipinski definition) is 6. The second-order valence-corrected chi connectivity index (χ2v) is 10.9. The molecule has 178 valence electrons. The lowest BCUT2D eigenvalue weighted by atomic mass is 9.96. The Morgan fingerprint density at radius 1 is 1.15 bits per heavy atom. The zero-order valence-electron chi connectivity index (χ0n) is 18.9. The van der Waals surface area contributed by atoms with Crippen molar-refractivity contribution >= 4 is 44.0 Å². The smallest absolute Gasteiger partial charge is 0.262 e. The average Bonchev–Trinajstić information content (AvgIpc) is 3.33. The topological polar surface area (TPSA) is 108 Å². The van der Waals surface area contributed by atoms with Crippen LogP contribution in [-0.2, 0) is 14.8 Å². The van der Waals surface area contributed by atoms with Gasteiger partial charge in [-0.2, -0.15) is 0 Å². The van der Waals surface area contributed by atoms with Crippen molar-refractivity contribution in [1.29, 1.82) is 0 Å². The van der Waals surface area contributed by atoms with Crippen molar-refractivity contribution in [3.05, 3.63) is 70.7 Å². The van der Waals surface area contributed by atoms with Gasteiger partial charge in [0, 0.05) is 24.7 Å². The van der Waals surface area contributed by atoms with Crippen molar-refractivity contribution < 1.29 is 18.0 Å². The molecule has 0 radical (unpaired) electrons. The van der Waals surface area contributed by atoms with Gasteiger partial charge in [0.2, 0.25) is 5.91 Å². The van der Waals surface area contributed by atoms with E-state index in [1.54, 1.807) is 59.8 Å². The number of amides is 2. The van der Waals surface area contributed by atoms with Crippen LogP contribution in [0.4, 0.5) is 10.8 Å². The number of rotatable bonds is 6. The van der Waals surface area contributed by atoms with E-state index < -0.39 is 10.0 Å². The fourth-order valence-electron chi connectivity index (χ4n) is 3.99. The van der Waals surface area contributed by atoms with Crippen molar-refractivity contribution in [2.75, 3.05) is 23.1 Å². The number of carbonyl (C=O) groups is 2. The normalized spacial score (nSPS) is 16.2. The maximum atomic E-state index is 13.4. The van der Waals surface area contributed by atoms with Crippen molar-refractivity contribution in [3.63, 3.8) is 0 Å². The molecule has 2 N–H and O–H groups in total. The highest BCUT2D eigenvalue weighted by Gasteiger charge is 2.31. The van der Waals surface area contributed by atoms with Crippen LogP contribution in [0.15, 0.2) is 58.9 Å². The minimum absolute atomic E-state index is 0.170. The molecule has 0 aliphatic carbocycles. The molecule has 1 atom stereocenters. The molecule has 1 aliphatic heterocycles. The van der Waals surface area contributed by atoms with E-state index in [2.05, 4.69) is 15.0 Å². The van der Waals surface area contributed by atoms with Crippen molar-refractivity contribution in [1.82, 2.24) is 9.88 Å². The van der Waals surface area contributed by atoms with Gasteiger partial charge in [-0.15, -0.1) is 11.3 Å². The van der Waals surface area contributed by atoms with Crippen LogP contribution in [-0.4, -0.2) is 43.2 Å². The summed E-state index contributed by atoms with van der Waals surface area (Å²) in [6, 6.07) is 11.8. The lowest BCUT2D eigenvalue weighted by molar-refractivity contribution is -0.121. The van der Waals surface area contributed by atoms with E-state index in [-0.39, 0.29) is 40.4 Å². The summed E-state index contributed by atoms with van der Waals surface area (Å²) in [4.78, 5) is 31.9. The fraction of sp³-hybridized carbons (Fsp3) is 0.292. The second-order valence-electron chi connectivity index (χ2n) is 8.34. The van der Waals surface area contributed by atoms with Crippen LogP contribution < -0.4 is 10.0 Å². The van der Waals surface area contributed by atoms with Gasteiger partial charge in [-0.1, -0.05) is 24.3 Å². The van der Waals surface area contributed by atoms with Gasteiger partial charge in [-0.05, 0) is 56.0 Å². The maximum absolute atomic E-state index is 13.4. The minimum atomic E-state index is -3.90. The van der Waals surface area contributed by atoms with Gasteiger partial charge in [0.05, 0.1) is 22.1 Å². The van der Waals surface area contributed by atoms with Gasteiger partial charge in [-0.25, -0.2) is 13.4 Å². The highest BCUT2D eigenvalue weighted by molar-refractivity contribution is 7.92. The highest BCUT2D eigenvalue weighted by atomic mass is 32.2. The third-order valence-electron chi connectivity index (χ3n) is 5.78. The first-order chi connectivity index (χ1) is 16.2. The Kier molecular flexibility index (Phi) is 6.99. The van der Waals surface area contributed by atoms with Crippen molar-refractivity contribution in [2.24, 2.45) is 5.92 Å². The Labute approximate surface area is 203 Å². The number of likely N-dealkylation sites (tertiary alicyclic amines) is 1. The molecule has 0 spiro atoms. The number of benzene rings is 2. The highest BCUT2D eigenvalue weighted by Crippen LogP contribution is 2.26. The van der Waals surface area contributed by atoms with Crippen LogP contribution in [0, 0.1) is 19.8 Å². The number of sulfonamides is 1. The molecule has 4 rings (SSSR count). The number of anilines is 2. The third kappa shape index (κ3) is 5.28. The van der Waals surface area contributed by atoms with Crippen molar-refractivity contribution in [3.8, 4) is 0 Å². The predicted octanol–water partition coefficient (Wildman–Crippen LogP) is 4.05. The monoisotopic (exact) mass is 498 g/mol. The van der Waals surface area contributed by atoms with Gasteiger partial charge < -0.3 is 10.2 Å². The van der Waals surface area contributed by atoms with Crippen LogP contribution in [0.25, 0.3) is 0 Å². The Morgan fingerprint density at radius 3 is 2.71 bits per heavy atom. The molecular weight excluding hydrogens is 472 g/mol. The van der Waals surface area contributed by atoms with Crippen LogP contribution >= 0.6 is 11.3 Å². The fourth-order valence-corrected chi connectivity index (χ4v) is 5.94. The zero-order chi connectivity index (χ0) is 24.3. The molecular formula is C24H26N4O4S2. The van der Waals surface area contributed by atoms with Crippen LogP contribution in [0.2, 0.25) is 0 Å². The van der Waals surface area contributed by atoms with E-state index in [4.69, 9.17) is 0 Å². The molecule has 1 unspecified atom stereocenters. The summed E-state index contributed by atoms with van der Waals surface area (Å²) >= 11 is 1.34. The van der Waals surface area contributed by atoms with Gasteiger partial charge in [-0.3, -0.25) is 14.3 Å². The molecule has 3 aromatic rings. The molecule has 0 saturated carbocycles. The number of piperidine rings is 1. The van der Waals surface area contributed by atoms with E-state index >= 15 is 0 Å². The third-order valence-corrected chi connectivity index (χ3v) is 7.97. The SMILES string of the molecule is Cc1ccc(C)c(S(=O)(=O)Nc2ccccc2C(=O)N2CCCC(C(=O)Nc3nccs3)C2)c1. The summed E-state index contributed by atoms with van der Waals surface area (Å²) in [6.45, 7) is 4.31. The van der Waals surface area contributed by atoms with E-state index in [0.29, 0.717) is 30.1 Å². The van der Waals surface area contributed by atoms with E-state index in [1.807, 2.05) is 13.0 Å². The number of para-hydroxylation sites is 1. The standard InChI is InChI=1S/C24H26N4O4S2/c1-16-9-10-17(2)21(14-16)34(31,32)27-20-8-4-3-7-19(20)23(30)28-12-5-6-18(15-28)22(29)26-24-25-11-13-33-24/h3-4,7-11,13-14,18,27H,5-6,12,15H2,1-2H3,(H,25,26,29). The lowest BCUT2D eigenvalue weighted by Gasteiger charge is -2.32. The Bertz CT molecular complexity index is 1310. The molecule has 2 aromatic carbocycles. The molecule has 34 heavy (non-hydrogen) atoms. The quantitative estimate of drug-likeness (QED) is 0.533. The molecule has 10 heteroatoms. The summed E-state index contributed by atoms with van der Waals surface area (Å²) in [5.41, 5.74) is 1.90. The van der Waals surface area contributed by atoms with Gasteiger partial charge in [0.25, 0.3) is 15.9 Å². The Hall–Kier alpha value is -3.24. The van der Waals surface area contributed by atoms with Crippen molar-refractivity contribution in [2.45, 2.75) is 31.6 Å². The largest absolute Gasteiger partial charge is 0.338 e. The number of nitrogens with zero attached hydrogens (tertiary/aromatic N) is 2. The van der Waals surface area contributed by atoms with Crippen LogP contribution in [0.3, 0.4) is 0 Å². The average molecular weight is 499 g/mol. The number of nitrogens with one attached hydrogen (secondary N) is 2. The van der Waals surface area contributed by atoms with Gasteiger partial charge in [0.15, 0.2) is 5.13 Å². The number of hydrogen-bond donors (Lipinski definition) is 2. The molecule has 2 heterocycles. The first kappa shape index (κ1) is 23.9. The summed E-state index contributed by atoms with van der Waals surface area (Å²) in [5, 5.41) is 5.11. The molecule has 2 amide bonds. The summed E-state index contributed by atoms with van der Waals surface area (Å²) in [6.07, 6.45) is 2.97. The lowest BCUT2D eigenvalue weighted by Crippen LogP contribution is -2.44. The molecule has 1 saturated heterocycles. The number of thiazole rings is 1. The minimum Gasteiger partial charge on any atom is -0.338 e. The molecule has 1 aromatic heterocycles. The number of carbonyl (C=O) groups excluding carboxylic acids is 2. The maximum Gasteiger partial charge on any atom is 0.262 e. The van der Waals surface area contributed by atoms with E-state index in [1.165, 1.54) is 11.3 Å². The van der Waals surface area contributed by atoms with Gasteiger partial charge >= 0.3 is 0 Å². The summed E-state index contributed by atoms with van der Waals surface area (Å²) in [7, 11) is -3.90. The molecule has 1 aliphatic rings. The molecule has 1 fully saturated rings. The summed E-state index contributed by atoms with van der Waals surface area (Å²) < 4.78 is 28.8. The van der Waals surface area contributed by atoms with E-state index in [0.717, 1.165) is 5.56 Å². The first-order valence-corrected chi connectivity index (χ1v) is 13.3. The summed E-state index contributed by atoms with van der Waals surface area (Å²) in [5.74, 6) is -0.845. The van der Waals surface area contributed by atoms with Crippen LogP contribution in [0.5, 0.6) is 0 Å². The van der Waals surface area contributed by atoms with Gasteiger partial charge in [0.1, 0.15) is 0 Å². The Morgan fingerprint density at radius 2 is 1.94 bits per heavy atom. The molecule has 8 nitrogen and oxygen atoms in total.